The van der Waals surface area contributed by atoms with Crippen LogP contribution in [0.25, 0.3) is 11.2 Å². The number of alkyl halides is 3. The summed E-state index contributed by atoms with van der Waals surface area (Å²) in [5, 5.41) is 0.0293. The van der Waals surface area contributed by atoms with E-state index in [0.29, 0.717) is 22.8 Å². The molecular weight excluding hydrogens is 331 g/mol. The molecule has 0 spiro atoms. The van der Waals surface area contributed by atoms with Gasteiger partial charge in [-0.05, 0) is 30.9 Å². The van der Waals surface area contributed by atoms with Gasteiger partial charge in [0.25, 0.3) is 0 Å². The maximum atomic E-state index is 13.1. The van der Waals surface area contributed by atoms with E-state index in [1.807, 2.05) is 30.6 Å². The molecule has 0 saturated heterocycles. The summed E-state index contributed by atoms with van der Waals surface area (Å²) in [6.45, 7) is 0. The molecule has 2 heterocycles. The topological polar surface area (TPSA) is 46.8 Å². The van der Waals surface area contributed by atoms with Crippen molar-refractivity contribution in [1.29, 1.82) is 0 Å². The van der Waals surface area contributed by atoms with Crippen LogP contribution in [0.1, 0.15) is 25.0 Å². The van der Waals surface area contributed by atoms with E-state index in [1.165, 1.54) is 0 Å². The summed E-state index contributed by atoms with van der Waals surface area (Å²) >= 11 is 5.99. The smallest absolute Gasteiger partial charge is 0.348 e. The van der Waals surface area contributed by atoms with Crippen molar-refractivity contribution in [3.63, 3.8) is 0 Å². The fourth-order valence-electron chi connectivity index (χ4n) is 4.18. The molecule has 23 heavy (non-hydrogen) atoms. The van der Waals surface area contributed by atoms with E-state index in [-0.39, 0.29) is 24.5 Å². The highest BCUT2D eigenvalue weighted by Crippen LogP contribution is 2.78. The molecule has 5 rings (SSSR count). The fraction of sp³-hybridized carbons (Fsp3) is 0.643. The van der Waals surface area contributed by atoms with Crippen LogP contribution in [0.15, 0.2) is 0 Å². The number of aryl methyl sites for hydroxylation is 1. The van der Waals surface area contributed by atoms with Crippen molar-refractivity contribution in [2.75, 3.05) is 19.0 Å². The van der Waals surface area contributed by atoms with Crippen molar-refractivity contribution in [3.05, 3.63) is 11.0 Å². The van der Waals surface area contributed by atoms with E-state index in [4.69, 9.17) is 11.6 Å². The molecule has 2 aromatic heterocycles. The number of hydrogen-bond donors (Lipinski definition) is 0. The Balaban J connectivity index is 1.84. The monoisotopic (exact) mass is 345 g/mol. The third-order valence-corrected chi connectivity index (χ3v) is 5.38. The highest BCUT2D eigenvalue weighted by atomic mass is 35.5. The maximum Gasteiger partial charge on any atom is 0.394 e. The minimum absolute atomic E-state index is 0.0293. The third-order valence-electron chi connectivity index (χ3n) is 5.21. The lowest BCUT2D eigenvalue weighted by atomic mass is 9.34. The summed E-state index contributed by atoms with van der Waals surface area (Å²) in [6, 6.07) is 0. The van der Waals surface area contributed by atoms with Gasteiger partial charge in [-0.1, -0.05) is 0 Å². The number of anilines is 1. The lowest BCUT2D eigenvalue weighted by Gasteiger charge is -2.70. The quantitative estimate of drug-likeness (QED) is 0.785. The molecule has 3 aliphatic carbocycles. The van der Waals surface area contributed by atoms with Crippen LogP contribution >= 0.6 is 11.6 Å². The van der Waals surface area contributed by atoms with Crippen LogP contribution in [0.4, 0.5) is 19.1 Å². The van der Waals surface area contributed by atoms with Gasteiger partial charge in [-0.2, -0.15) is 23.1 Å². The number of fused-ring (bicyclic) bond motifs is 1. The van der Waals surface area contributed by atoms with Crippen molar-refractivity contribution in [2.24, 2.45) is 12.5 Å². The first-order valence-electron chi connectivity index (χ1n) is 7.23. The van der Waals surface area contributed by atoms with Crippen molar-refractivity contribution in [3.8, 4) is 0 Å². The molecule has 0 aliphatic heterocycles. The van der Waals surface area contributed by atoms with Gasteiger partial charge >= 0.3 is 6.18 Å². The molecule has 0 aromatic carbocycles. The summed E-state index contributed by atoms with van der Waals surface area (Å²) in [5.74, 6) is 0.662. The molecule has 3 fully saturated rings. The van der Waals surface area contributed by atoms with E-state index < -0.39 is 17.0 Å². The highest BCUT2D eigenvalue weighted by molar-refractivity contribution is 6.28. The summed E-state index contributed by atoms with van der Waals surface area (Å²) < 4.78 is 41.1. The van der Waals surface area contributed by atoms with E-state index >= 15 is 0 Å². The molecule has 3 saturated carbocycles. The van der Waals surface area contributed by atoms with Crippen molar-refractivity contribution < 1.29 is 13.2 Å². The Labute approximate surface area is 135 Å². The molecule has 0 atom stereocenters. The average Bonchev–Trinajstić information content (AvgIpc) is 2.60. The minimum Gasteiger partial charge on any atom is -0.348 e. The van der Waals surface area contributed by atoms with Crippen molar-refractivity contribution in [1.82, 2.24) is 19.5 Å². The van der Waals surface area contributed by atoms with Gasteiger partial charge in [-0.15, -0.1) is 0 Å². The van der Waals surface area contributed by atoms with Gasteiger partial charge in [0.05, 0.1) is 11.1 Å². The largest absolute Gasteiger partial charge is 0.394 e. The standard InChI is InChI=1S/C14H15ClF3N5/c1-22(2)11-21-9-7(23(11)3)8(19-10(15)20-9)12-4-13(5-12,6-12)14(16,17)18/h4-6H2,1-3H3. The van der Waals surface area contributed by atoms with Crippen LogP contribution in [0.3, 0.4) is 0 Å². The van der Waals surface area contributed by atoms with Crippen LogP contribution in [0.5, 0.6) is 0 Å². The molecule has 0 amide bonds. The molecule has 2 aromatic rings. The zero-order chi connectivity index (χ0) is 16.8. The van der Waals surface area contributed by atoms with Crippen LogP contribution in [-0.2, 0) is 12.5 Å². The van der Waals surface area contributed by atoms with Crippen LogP contribution in [0, 0.1) is 5.41 Å². The van der Waals surface area contributed by atoms with E-state index in [1.54, 1.807) is 0 Å². The number of rotatable bonds is 2. The van der Waals surface area contributed by atoms with Gasteiger partial charge < -0.3 is 9.47 Å². The Kier molecular flexibility index (Phi) is 2.66. The molecule has 2 bridgehead atoms. The molecule has 3 aliphatic rings. The van der Waals surface area contributed by atoms with E-state index in [2.05, 4.69) is 15.0 Å². The van der Waals surface area contributed by atoms with Crippen LogP contribution in [0.2, 0.25) is 5.28 Å². The summed E-state index contributed by atoms with van der Waals surface area (Å²) in [7, 11) is 5.50. The minimum atomic E-state index is -4.15. The first-order valence-corrected chi connectivity index (χ1v) is 7.61. The van der Waals surface area contributed by atoms with Gasteiger partial charge in [0.1, 0.15) is 5.52 Å². The molecule has 0 radical (unpaired) electrons. The molecule has 0 unspecified atom stereocenters. The number of hydrogen-bond acceptors (Lipinski definition) is 4. The fourth-order valence-corrected chi connectivity index (χ4v) is 4.35. The first-order chi connectivity index (χ1) is 10.6. The average molecular weight is 346 g/mol. The van der Waals surface area contributed by atoms with Gasteiger partial charge in [0.2, 0.25) is 11.2 Å². The molecular formula is C14H15ClF3N5. The lowest BCUT2D eigenvalue weighted by Crippen LogP contribution is -2.70. The Morgan fingerprint density at radius 2 is 1.74 bits per heavy atom. The lowest BCUT2D eigenvalue weighted by molar-refractivity contribution is -0.337. The second-order valence-corrected chi connectivity index (χ2v) is 7.31. The third kappa shape index (κ3) is 1.72. The Bertz CT molecular complexity index is 806. The van der Waals surface area contributed by atoms with E-state index in [0.717, 1.165) is 0 Å². The summed E-state index contributed by atoms with van der Waals surface area (Å²) in [6.07, 6.45) is -3.91. The van der Waals surface area contributed by atoms with Crippen molar-refractivity contribution in [2.45, 2.75) is 30.9 Å². The van der Waals surface area contributed by atoms with Gasteiger partial charge in [-0.25, -0.2) is 4.98 Å². The second kappa shape index (κ2) is 4.09. The normalized spacial score (nSPS) is 29.3. The number of aromatic nitrogens is 4. The summed E-state index contributed by atoms with van der Waals surface area (Å²) in [4.78, 5) is 14.7. The molecule has 5 nitrogen and oxygen atoms in total. The predicted molar refractivity (Wildman–Crippen MR) is 79.7 cm³/mol. The second-order valence-electron chi connectivity index (χ2n) is 6.97. The SMILES string of the molecule is CN(C)c1nc2nc(Cl)nc(C34CC(C(F)(F)F)(C3)C4)c2n1C. The van der Waals surface area contributed by atoms with Gasteiger partial charge in [0, 0.05) is 26.6 Å². The maximum absolute atomic E-state index is 13.1. The Morgan fingerprint density at radius 1 is 1.13 bits per heavy atom. The van der Waals surface area contributed by atoms with Crippen molar-refractivity contribution >= 4 is 28.7 Å². The summed E-state index contributed by atoms with van der Waals surface area (Å²) in [5.41, 5.74) is -0.371. The van der Waals surface area contributed by atoms with Gasteiger partial charge in [0.15, 0.2) is 5.65 Å². The molecule has 0 N–H and O–H groups in total. The Morgan fingerprint density at radius 3 is 2.26 bits per heavy atom. The van der Waals surface area contributed by atoms with Gasteiger partial charge in [-0.3, -0.25) is 0 Å². The zero-order valence-corrected chi connectivity index (χ0v) is 13.6. The molecule has 9 heteroatoms. The highest BCUT2D eigenvalue weighted by Gasteiger charge is 2.79. The zero-order valence-electron chi connectivity index (χ0n) is 12.9. The van der Waals surface area contributed by atoms with Crippen LogP contribution in [-0.4, -0.2) is 39.8 Å². The predicted octanol–water partition coefficient (Wildman–Crippen LogP) is 3.07. The van der Waals surface area contributed by atoms with Crippen LogP contribution < -0.4 is 4.90 Å². The number of nitrogens with zero attached hydrogens (tertiary/aromatic N) is 5. The number of halogens is 4. The first kappa shape index (κ1) is 15.0. The van der Waals surface area contributed by atoms with E-state index in [9.17, 15) is 13.2 Å². The number of imidazole rings is 1. The molecule has 124 valence electrons. The Hall–Kier alpha value is -1.57.